The Morgan fingerprint density at radius 3 is 2.45 bits per heavy atom. The number of rotatable bonds is 7. The van der Waals surface area contributed by atoms with Gasteiger partial charge in [-0.2, -0.15) is 13.2 Å². The smallest absolute Gasteiger partial charge is 0.416 e. The number of likely N-dealkylation sites (tertiary alicyclic amines) is 1. The second kappa shape index (κ2) is 9.58. The van der Waals surface area contributed by atoms with Crippen molar-refractivity contribution in [3.63, 3.8) is 0 Å². The molecular weight excluding hydrogens is 491 g/mol. The van der Waals surface area contributed by atoms with E-state index in [0.29, 0.717) is 18.4 Å². The third kappa shape index (κ3) is 5.18. The van der Waals surface area contributed by atoms with Crippen LogP contribution >= 0.6 is 0 Å². The average molecular weight is 528 g/mol. The van der Waals surface area contributed by atoms with Gasteiger partial charge in [0.15, 0.2) is 0 Å². The van der Waals surface area contributed by atoms with Gasteiger partial charge in [-0.25, -0.2) is 0 Å². The van der Waals surface area contributed by atoms with E-state index in [9.17, 15) is 23.1 Å². The number of aryl methyl sites for hydroxylation is 1. The molecule has 6 rings (SSSR count). The summed E-state index contributed by atoms with van der Waals surface area (Å²) in [5.41, 5.74) is 3.31. The fourth-order valence-corrected chi connectivity index (χ4v) is 6.73. The van der Waals surface area contributed by atoms with Crippen LogP contribution in [-0.4, -0.2) is 34.7 Å². The number of carboxylic acid groups (broad SMARTS) is 1. The summed E-state index contributed by atoms with van der Waals surface area (Å²) in [5, 5.41) is 9.67. The summed E-state index contributed by atoms with van der Waals surface area (Å²) in [6, 6.07) is 10.6. The van der Waals surface area contributed by atoms with Crippen LogP contribution in [0.4, 0.5) is 13.2 Å². The van der Waals surface area contributed by atoms with Gasteiger partial charge in [0.1, 0.15) is 11.4 Å². The SMILES string of the molecule is C[C@H](C(=O)O)[C@H](c1ccc2c(c1)OC1(CC2)CCN(Cc2cc(C(F)(F)F)ccc2C2CC2)CC1)C1CC1. The van der Waals surface area contributed by atoms with Crippen molar-refractivity contribution in [2.45, 2.75) is 88.4 Å². The first-order chi connectivity index (χ1) is 18.1. The van der Waals surface area contributed by atoms with Gasteiger partial charge < -0.3 is 9.84 Å². The van der Waals surface area contributed by atoms with Crippen molar-refractivity contribution in [2.75, 3.05) is 13.1 Å². The van der Waals surface area contributed by atoms with E-state index in [1.165, 1.54) is 17.7 Å². The van der Waals surface area contributed by atoms with Crippen LogP contribution in [0.5, 0.6) is 5.75 Å². The highest BCUT2D eigenvalue weighted by Gasteiger charge is 2.42. The first kappa shape index (κ1) is 25.7. The summed E-state index contributed by atoms with van der Waals surface area (Å²) in [6.45, 7) is 3.93. The highest BCUT2D eigenvalue weighted by Crippen LogP contribution is 2.49. The zero-order chi connectivity index (χ0) is 26.7. The lowest BCUT2D eigenvalue weighted by molar-refractivity contribution is -0.142. The van der Waals surface area contributed by atoms with Crippen molar-refractivity contribution in [3.05, 3.63) is 64.2 Å². The van der Waals surface area contributed by atoms with Crippen LogP contribution in [0.3, 0.4) is 0 Å². The molecular formula is C31H36F3NO3. The molecule has 2 aliphatic heterocycles. The molecule has 204 valence electrons. The van der Waals surface area contributed by atoms with Gasteiger partial charge in [0.05, 0.1) is 11.5 Å². The number of nitrogens with zero attached hydrogens (tertiary/aromatic N) is 1. The van der Waals surface area contributed by atoms with Gasteiger partial charge in [-0.3, -0.25) is 9.69 Å². The second-order valence-electron chi connectivity index (χ2n) is 12.1. The predicted molar refractivity (Wildman–Crippen MR) is 138 cm³/mol. The highest BCUT2D eigenvalue weighted by molar-refractivity contribution is 5.71. The van der Waals surface area contributed by atoms with Crippen molar-refractivity contribution in [3.8, 4) is 5.75 Å². The lowest BCUT2D eigenvalue weighted by Crippen LogP contribution is -2.49. The molecule has 2 heterocycles. The van der Waals surface area contributed by atoms with E-state index < -0.39 is 23.6 Å². The van der Waals surface area contributed by atoms with Crippen LogP contribution in [0.15, 0.2) is 36.4 Å². The monoisotopic (exact) mass is 527 g/mol. The van der Waals surface area contributed by atoms with E-state index in [1.54, 1.807) is 6.07 Å². The van der Waals surface area contributed by atoms with Crippen LogP contribution in [0.2, 0.25) is 0 Å². The Morgan fingerprint density at radius 1 is 1.08 bits per heavy atom. The maximum Gasteiger partial charge on any atom is 0.416 e. The number of piperidine rings is 1. The molecule has 7 heteroatoms. The molecule has 0 aromatic heterocycles. The van der Waals surface area contributed by atoms with Gasteiger partial charge in [0, 0.05) is 19.6 Å². The number of alkyl halides is 3. The lowest BCUT2D eigenvalue weighted by atomic mass is 9.80. The molecule has 2 atom stereocenters. The minimum absolute atomic E-state index is 0.00856. The van der Waals surface area contributed by atoms with Crippen molar-refractivity contribution in [1.29, 1.82) is 0 Å². The van der Waals surface area contributed by atoms with E-state index in [1.807, 2.05) is 6.92 Å². The Balaban J connectivity index is 1.15. The summed E-state index contributed by atoms with van der Waals surface area (Å²) < 4.78 is 46.9. The first-order valence-electron chi connectivity index (χ1n) is 14.1. The number of fused-ring (bicyclic) bond motifs is 1. The second-order valence-corrected chi connectivity index (χ2v) is 12.1. The van der Waals surface area contributed by atoms with Crippen LogP contribution in [0.1, 0.15) is 91.5 Å². The highest BCUT2D eigenvalue weighted by atomic mass is 19.4. The molecule has 4 nitrogen and oxygen atoms in total. The maximum absolute atomic E-state index is 13.4. The minimum atomic E-state index is -4.33. The Kier molecular flexibility index (Phi) is 6.48. The zero-order valence-corrected chi connectivity index (χ0v) is 21.9. The summed E-state index contributed by atoms with van der Waals surface area (Å²) in [6.07, 6.45) is 3.48. The van der Waals surface area contributed by atoms with Gasteiger partial charge in [-0.15, -0.1) is 0 Å². The number of aliphatic carboxylic acids is 1. The van der Waals surface area contributed by atoms with Crippen LogP contribution in [0.25, 0.3) is 0 Å². The summed E-state index contributed by atoms with van der Waals surface area (Å²) in [7, 11) is 0. The number of hydrogen-bond acceptors (Lipinski definition) is 3. The Morgan fingerprint density at radius 2 is 1.82 bits per heavy atom. The fraction of sp³-hybridized carbons (Fsp3) is 0.581. The van der Waals surface area contributed by atoms with Gasteiger partial charge >= 0.3 is 12.1 Å². The number of carbonyl (C=O) groups is 1. The molecule has 2 aromatic rings. The molecule has 0 bridgehead atoms. The summed E-state index contributed by atoms with van der Waals surface area (Å²) in [4.78, 5) is 14.1. The third-order valence-electron chi connectivity index (χ3n) is 9.36. The molecule has 2 saturated carbocycles. The fourth-order valence-electron chi connectivity index (χ4n) is 6.73. The molecule has 1 N–H and O–H groups in total. The quantitative estimate of drug-likeness (QED) is 0.415. The van der Waals surface area contributed by atoms with Gasteiger partial charge in [0.25, 0.3) is 0 Å². The van der Waals surface area contributed by atoms with E-state index in [2.05, 4.69) is 23.1 Å². The summed E-state index contributed by atoms with van der Waals surface area (Å²) in [5.74, 6) is 0.539. The van der Waals surface area contributed by atoms with E-state index >= 15 is 0 Å². The standard InChI is InChI=1S/C31H36F3NO3/c1-19(29(36)37)28(22-5-6-22)23-7-4-21-10-11-30(38-27(21)17-23)12-14-35(15-13-30)18-24-16-25(31(32,33)34)8-9-26(24)20-2-3-20/h4,7-9,16-17,19-20,22,28H,2-3,5-6,10-15,18H2,1H3,(H,36,37)/t19-,28-/m0/s1. The molecule has 1 saturated heterocycles. The average Bonchev–Trinajstić information content (AvgIpc) is 3.79. The van der Waals surface area contributed by atoms with Crippen LogP contribution < -0.4 is 4.74 Å². The molecule has 2 aromatic carbocycles. The molecule has 38 heavy (non-hydrogen) atoms. The Hall–Kier alpha value is -2.54. The van der Waals surface area contributed by atoms with Crippen LogP contribution in [0, 0.1) is 11.8 Å². The minimum Gasteiger partial charge on any atom is -0.487 e. The maximum atomic E-state index is 13.4. The molecule has 1 spiro atoms. The molecule has 0 unspecified atom stereocenters. The van der Waals surface area contributed by atoms with Gasteiger partial charge in [-0.05, 0) is 110 Å². The number of halogens is 3. The number of hydrogen-bond donors (Lipinski definition) is 1. The predicted octanol–water partition coefficient (Wildman–Crippen LogP) is 7.16. The molecule has 2 aliphatic carbocycles. The normalized spacial score (nSPS) is 22.9. The lowest BCUT2D eigenvalue weighted by Gasteiger charge is -2.45. The molecule has 3 fully saturated rings. The number of ether oxygens (including phenoxy) is 1. The van der Waals surface area contributed by atoms with E-state index in [0.717, 1.165) is 86.9 Å². The first-order valence-corrected chi connectivity index (χ1v) is 14.1. The van der Waals surface area contributed by atoms with Gasteiger partial charge in [-0.1, -0.05) is 25.1 Å². The Bertz CT molecular complexity index is 1210. The molecule has 0 amide bonds. The topological polar surface area (TPSA) is 49.8 Å². The van der Waals surface area contributed by atoms with Crippen molar-refractivity contribution >= 4 is 5.97 Å². The van der Waals surface area contributed by atoms with Gasteiger partial charge in [0.2, 0.25) is 0 Å². The molecule has 0 radical (unpaired) electrons. The third-order valence-corrected chi connectivity index (χ3v) is 9.36. The number of benzene rings is 2. The van der Waals surface area contributed by atoms with E-state index in [4.69, 9.17) is 4.74 Å². The Labute approximate surface area is 222 Å². The summed E-state index contributed by atoms with van der Waals surface area (Å²) >= 11 is 0. The number of carboxylic acids is 1. The molecule has 4 aliphatic rings. The van der Waals surface area contributed by atoms with E-state index in [-0.39, 0.29) is 11.5 Å². The van der Waals surface area contributed by atoms with Crippen molar-refractivity contribution in [2.24, 2.45) is 11.8 Å². The van der Waals surface area contributed by atoms with Crippen molar-refractivity contribution in [1.82, 2.24) is 4.90 Å². The largest absolute Gasteiger partial charge is 0.487 e. The zero-order valence-electron chi connectivity index (χ0n) is 21.9. The van der Waals surface area contributed by atoms with Crippen LogP contribution in [-0.2, 0) is 23.9 Å². The van der Waals surface area contributed by atoms with Crippen molar-refractivity contribution < 1.29 is 27.8 Å².